The molecule has 41 heavy (non-hydrogen) atoms. The molecule has 1 N–H and O–H groups in total. The number of aliphatic hydroxyl groups is 1. The fourth-order valence-corrected chi connectivity index (χ4v) is 7.46. The van der Waals surface area contributed by atoms with Crippen LogP contribution in [0, 0.1) is 17.8 Å². The van der Waals surface area contributed by atoms with Gasteiger partial charge in [-0.3, -0.25) is 19.3 Å². The van der Waals surface area contributed by atoms with Crippen LogP contribution < -0.4 is 0 Å². The van der Waals surface area contributed by atoms with Gasteiger partial charge >= 0.3 is 0 Å². The minimum absolute atomic E-state index is 0.0422. The number of morpholine rings is 1. The lowest BCUT2D eigenvalue weighted by Crippen LogP contribution is -2.60. The van der Waals surface area contributed by atoms with Crippen molar-refractivity contribution in [2.45, 2.75) is 70.2 Å². The van der Waals surface area contributed by atoms with E-state index in [0.717, 1.165) is 25.9 Å². The Morgan fingerprint density at radius 3 is 2.37 bits per heavy atom. The highest BCUT2D eigenvalue weighted by Crippen LogP contribution is 2.59. The molecule has 4 heterocycles. The van der Waals surface area contributed by atoms with Gasteiger partial charge in [-0.05, 0) is 25.2 Å². The van der Waals surface area contributed by atoms with Crippen LogP contribution in [0.15, 0.2) is 25.3 Å². The van der Waals surface area contributed by atoms with E-state index in [2.05, 4.69) is 18.1 Å². The van der Waals surface area contributed by atoms with Gasteiger partial charge in [0, 0.05) is 45.8 Å². The Morgan fingerprint density at radius 1 is 1.12 bits per heavy atom. The van der Waals surface area contributed by atoms with E-state index >= 15 is 0 Å². The van der Waals surface area contributed by atoms with Crippen molar-refractivity contribution >= 4 is 17.7 Å². The number of hydrogen-bond acceptors (Lipinski definition) is 7. The first-order valence-corrected chi connectivity index (χ1v) is 15.5. The SMILES string of the molecule is C=CCN(CCN1CCOCC1)C(=O)C1N([C@@H](CO)[C@@H](C)CC)C(=O)[C@@H]2[C@@H](C(=O)N(CC=C)CCC)[C@H]3CCC12O3. The third-order valence-corrected chi connectivity index (χ3v) is 9.71. The smallest absolute Gasteiger partial charge is 0.248 e. The lowest BCUT2D eigenvalue weighted by atomic mass is 9.70. The maximum atomic E-state index is 14.6. The molecule has 1 spiro atoms. The van der Waals surface area contributed by atoms with Crippen LogP contribution >= 0.6 is 0 Å². The lowest BCUT2D eigenvalue weighted by molar-refractivity contribution is -0.153. The third kappa shape index (κ3) is 5.85. The van der Waals surface area contributed by atoms with Crippen molar-refractivity contribution in [3.63, 3.8) is 0 Å². The van der Waals surface area contributed by atoms with E-state index in [-0.39, 0.29) is 30.2 Å². The number of rotatable bonds is 15. The molecule has 10 nitrogen and oxygen atoms in total. The average Bonchev–Trinajstić information content (AvgIpc) is 3.63. The molecule has 4 aliphatic heterocycles. The quantitative estimate of drug-likeness (QED) is 0.296. The van der Waals surface area contributed by atoms with Crippen LogP contribution in [-0.4, -0.2) is 132 Å². The first-order valence-electron chi connectivity index (χ1n) is 15.5. The molecule has 0 aliphatic carbocycles. The molecule has 4 saturated heterocycles. The van der Waals surface area contributed by atoms with Gasteiger partial charge in [0.15, 0.2) is 0 Å². The van der Waals surface area contributed by atoms with E-state index in [1.165, 1.54) is 0 Å². The Morgan fingerprint density at radius 2 is 1.78 bits per heavy atom. The first-order chi connectivity index (χ1) is 19.8. The van der Waals surface area contributed by atoms with E-state index < -0.39 is 35.6 Å². The number of nitrogens with zero attached hydrogens (tertiary/aromatic N) is 4. The van der Waals surface area contributed by atoms with Crippen molar-refractivity contribution in [1.82, 2.24) is 19.6 Å². The summed E-state index contributed by atoms with van der Waals surface area (Å²) in [6.07, 6.45) is 5.68. The summed E-state index contributed by atoms with van der Waals surface area (Å²) >= 11 is 0. The van der Waals surface area contributed by atoms with E-state index in [9.17, 15) is 19.5 Å². The predicted molar refractivity (Wildman–Crippen MR) is 156 cm³/mol. The highest BCUT2D eigenvalue weighted by molar-refractivity contribution is 5.99. The number of amides is 3. The normalized spacial score (nSPS) is 30.6. The molecule has 4 fully saturated rings. The highest BCUT2D eigenvalue weighted by Gasteiger charge is 2.75. The fraction of sp³-hybridized carbons (Fsp3) is 0.774. The van der Waals surface area contributed by atoms with Gasteiger partial charge < -0.3 is 29.3 Å². The minimum Gasteiger partial charge on any atom is -0.394 e. The summed E-state index contributed by atoms with van der Waals surface area (Å²) < 4.78 is 12.1. The number of hydrogen-bond donors (Lipinski definition) is 1. The Bertz CT molecular complexity index is 970. The summed E-state index contributed by atoms with van der Waals surface area (Å²) in [5.74, 6) is -2.00. The van der Waals surface area contributed by atoms with Gasteiger partial charge in [0.1, 0.15) is 11.6 Å². The molecule has 0 aromatic carbocycles. The summed E-state index contributed by atoms with van der Waals surface area (Å²) in [6, 6.07) is -1.46. The molecule has 0 aromatic heterocycles. The van der Waals surface area contributed by atoms with E-state index in [1.807, 2.05) is 20.8 Å². The van der Waals surface area contributed by atoms with Gasteiger partial charge in [0.25, 0.3) is 0 Å². The number of ether oxygens (including phenoxy) is 2. The van der Waals surface area contributed by atoms with Crippen molar-refractivity contribution in [1.29, 1.82) is 0 Å². The van der Waals surface area contributed by atoms with E-state index in [0.29, 0.717) is 58.8 Å². The number of carbonyl (C=O) groups excluding carboxylic acids is 3. The Labute approximate surface area is 245 Å². The topological polar surface area (TPSA) is 103 Å². The molecule has 230 valence electrons. The van der Waals surface area contributed by atoms with Crippen molar-refractivity contribution in [3.8, 4) is 0 Å². The van der Waals surface area contributed by atoms with Crippen molar-refractivity contribution < 1.29 is 29.0 Å². The largest absolute Gasteiger partial charge is 0.394 e. The predicted octanol–water partition coefficient (Wildman–Crippen LogP) is 1.54. The monoisotopic (exact) mass is 574 g/mol. The molecule has 0 aromatic rings. The van der Waals surface area contributed by atoms with Crippen LogP contribution in [0.3, 0.4) is 0 Å². The molecule has 4 rings (SSSR count). The standard InChI is InChI=1S/C31H50N4O6/c1-6-12-33(13-7-2)28(37)25-24-10-11-31(41-24)26(25)29(38)35(23(21-36)22(5)9-4)27(31)30(39)34(14-8-3)16-15-32-17-19-40-20-18-32/h6,8,22-27,36H,1,3,7,9-21H2,2,4-5H3/t22-,23-,24+,25-,26-,27?,31?/m0/s1. The molecule has 3 amide bonds. The Balaban J connectivity index is 1.71. The molecule has 4 aliphatic rings. The second-order valence-corrected chi connectivity index (χ2v) is 12.0. The van der Waals surface area contributed by atoms with Crippen LogP contribution in [0.1, 0.15) is 46.5 Å². The van der Waals surface area contributed by atoms with Crippen molar-refractivity contribution in [3.05, 3.63) is 25.3 Å². The maximum Gasteiger partial charge on any atom is 0.248 e. The molecular weight excluding hydrogens is 524 g/mol. The van der Waals surface area contributed by atoms with Crippen molar-refractivity contribution in [2.24, 2.45) is 17.8 Å². The third-order valence-electron chi connectivity index (χ3n) is 9.71. The number of aliphatic hydroxyl groups excluding tert-OH is 1. The summed E-state index contributed by atoms with van der Waals surface area (Å²) in [7, 11) is 0. The Kier molecular flexibility index (Phi) is 10.7. The lowest BCUT2D eigenvalue weighted by Gasteiger charge is -2.41. The zero-order chi connectivity index (χ0) is 29.7. The molecular formula is C31H50N4O6. The molecule has 2 unspecified atom stereocenters. The molecule has 7 atom stereocenters. The summed E-state index contributed by atoms with van der Waals surface area (Å²) in [5, 5.41) is 10.6. The average molecular weight is 575 g/mol. The van der Waals surface area contributed by atoms with Crippen LogP contribution in [-0.2, 0) is 23.9 Å². The van der Waals surface area contributed by atoms with Gasteiger partial charge in [0.05, 0.1) is 43.8 Å². The zero-order valence-electron chi connectivity index (χ0n) is 25.2. The van der Waals surface area contributed by atoms with Crippen LogP contribution in [0.4, 0.5) is 0 Å². The summed E-state index contributed by atoms with van der Waals surface area (Å²) in [5.41, 5.74) is -1.09. The molecule has 2 bridgehead atoms. The number of likely N-dealkylation sites (tertiary alicyclic amines) is 1. The molecule has 0 saturated carbocycles. The Hall–Kier alpha value is -2.27. The number of fused-ring (bicyclic) bond motifs is 1. The minimum atomic E-state index is -1.09. The summed E-state index contributed by atoms with van der Waals surface area (Å²) in [4.78, 5) is 50.5. The van der Waals surface area contributed by atoms with E-state index in [4.69, 9.17) is 9.47 Å². The molecule has 0 radical (unpaired) electrons. The second-order valence-electron chi connectivity index (χ2n) is 12.0. The van der Waals surface area contributed by atoms with Gasteiger partial charge in [-0.1, -0.05) is 39.3 Å². The second kappa shape index (κ2) is 13.8. The van der Waals surface area contributed by atoms with Gasteiger partial charge in [0.2, 0.25) is 17.7 Å². The first kappa shape index (κ1) is 31.7. The maximum absolute atomic E-state index is 14.6. The van der Waals surface area contributed by atoms with Gasteiger partial charge in [-0.25, -0.2) is 0 Å². The summed E-state index contributed by atoms with van der Waals surface area (Å²) in [6.45, 7) is 18.9. The zero-order valence-corrected chi connectivity index (χ0v) is 25.2. The van der Waals surface area contributed by atoms with Gasteiger partial charge in [-0.2, -0.15) is 0 Å². The molecule has 10 heteroatoms. The van der Waals surface area contributed by atoms with Crippen LogP contribution in [0.2, 0.25) is 0 Å². The highest BCUT2D eigenvalue weighted by atomic mass is 16.5. The van der Waals surface area contributed by atoms with E-state index in [1.54, 1.807) is 26.9 Å². The van der Waals surface area contributed by atoms with Crippen LogP contribution in [0.25, 0.3) is 0 Å². The number of carbonyl (C=O) groups is 3. The van der Waals surface area contributed by atoms with Crippen molar-refractivity contribution in [2.75, 3.05) is 65.6 Å². The van der Waals surface area contributed by atoms with Gasteiger partial charge in [-0.15, -0.1) is 13.2 Å². The van der Waals surface area contributed by atoms with Crippen LogP contribution in [0.5, 0.6) is 0 Å². The fourth-order valence-electron chi connectivity index (χ4n) is 7.46.